The molecule has 1 N–H and O–H groups in total. The molecule has 15 atom stereocenters. The Morgan fingerprint density at radius 2 is 1.46 bits per heavy atom. The number of hydrogen-bond donors (Lipinski definition) is 1. The highest BCUT2D eigenvalue weighted by atomic mass is 16.6. The number of rotatable bonds is 5. The molecule has 0 radical (unpaired) electrons. The van der Waals surface area contributed by atoms with Gasteiger partial charge < -0.3 is 9.84 Å². The zero-order valence-corrected chi connectivity index (χ0v) is 29.4. The van der Waals surface area contributed by atoms with E-state index in [1.54, 1.807) is 7.11 Å². The van der Waals surface area contributed by atoms with Crippen LogP contribution >= 0.6 is 0 Å². The van der Waals surface area contributed by atoms with E-state index in [2.05, 4.69) is 76.2 Å². The summed E-state index contributed by atoms with van der Waals surface area (Å²) in [6.07, 6.45) is 11.5. The molecule has 0 spiro atoms. The van der Waals surface area contributed by atoms with Gasteiger partial charge in [-0.1, -0.05) is 89.0 Å². The molecule has 0 aromatic rings. The van der Waals surface area contributed by atoms with Gasteiger partial charge in [-0.2, -0.15) is 0 Å². The SMILES string of the molecule is COC(O)C1CCC(CC2C3CCCC(C)C3C(C)C3C(C)C4(C)C(C)C(C(C)C)C(C)CC4(C)C(C)C23C)CC1. The van der Waals surface area contributed by atoms with Crippen LogP contribution in [0.1, 0.15) is 134 Å². The van der Waals surface area contributed by atoms with Gasteiger partial charge in [0.05, 0.1) is 0 Å². The van der Waals surface area contributed by atoms with Crippen molar-refractivity contribution in [1.82, 2.24) is 0 Å². The second-order valence-corrected chi connectivity index (χ2v) is 18.2. The van der Waals surface area contributed by atoms with Gasteiger partial charge >= 0.3 is 0 Å². The van der Waals surface area contributed by atoms with Crippen LogP contribution in [0.5, 0.6) is 0 Å². The van der Waals surface area contributed by atoms with Crippen LogP contribution < -0.4 is 0 Å². The summed E-state index contributed by atoms with van der Waals surface area (Å²) in [6.45, 7) is 29.7. The van der Waals surface area contributed by atoms with Gasteiger partial charge in [-0.15, -0.1) is 0 Å². The van der Waals surface area contributed by atoms with Crippen molar-refractivity contribution in [2.45, 2.75) is 140 Å². The molecular formula is C39H70O2. The van der Waals surface area contributed by atoms with Gasteiger partial charge in [0.15, 0.2) is 6.29 Å². The average molecular weight is 571 g/mol. The fraction of sp³-hybridized carbons (Fsp3) is 1.00. The lowest BCUT2D eigenvalue weighted by Crippen LogP contribution is -2.72. The average Bonchev–Trinajstić information content (AvgIpc) is 2.92. The van der Waals surface area contributed by atoms with E-state index in [0.717, 1.165) is 89.8 Å². The van der Waals surface area contributed by atoms with Crippen molar-refractivity contribution in [3.63, 3.8) is 0 Å². The Kier molecular flexibility index (Phi) is 8.96. The van der Waals surface area contributed by atoms with Crippen LogP contribution in [0.25, 0.3) is 0 Å². The van der Waals surface area contributed by atoms with E-state index < -0.39 is 6.29 Å². The normalized spacial score (nSPS) is 56.5. The number of hydrogen-bond acceptors (Lipinski definition) is 2. The summed E-state index contributed by atoms with van der Waals surface area (Å²) in [4.78, 5) is 0. The van der Waals surface area contributed by atoms with Crippen LogP contribution in [0.3, 0.4) is 0 Å². The van der Waals surface area contributed by atoms with Gasteiger partial charge in [0.25, 0.3) is 0 Å². The van der Waals surface area contributed by atoms with Crippen molar-refractivity contribution in [3.05, 3.63) is 0 Å². The van der Waals surface area contributed by atoms with Gasteiger partial charge in [0, 0.05) is 13.0 Å². The summed E-state index contributed by atoms with van der Waals surface area (Å²) in [5.41, 5.74) is 1.17. The van der Waals surface area contributed by atoms with E-state index in [0.29, 0.717) is 22.2 Å². The fourth-order valence-electron chi connectivity index (χ4n) is 15.0. The van der Waals surface area contributed by atoms with Crippen molar-refractivity contribution >= 4 is 0 Å². The number of ether oxygens (including phenoxy) is 1. The lowest BCUT2D eigenvalue weighted by atomic mass is 9.27. The van der Waals surface area contributed by atoms with E-state index in [1.165, 1.54) is 44.9 Å². The third-order valence-electron chi connectivity index (χ3n) is 17.0. The summed E-state index contributed by atoms with van der Waals surface area (Å²) in [7, 11) is 1.67. The molecule has 5 aliphatic carbocycles. The van der Waals surface area contributed by atoms with Gasteiger partial charge in [-0.25, -0.2) is 0 Å². The Labute approximate surface area is 255 Å². The first-order valence-corrected chi connectivity index (χ1v) is 18.4. The van der Waals surface area contributed by atoms with Gasteiger partial charge in [-0.05, 0) is 138 Å². The first-order chi connectivity index (χ1) is 19.2. The zero-order valence-electron chi connectivity index (χ0n) is 29.4. The second-order valence-electron chi connectivity index (χ2n) is 18.2. The lowest BCUT2D eigenvalue weighted by Gasteiger charge is -2.77. The molecule has 15 unspecified atom stereocenters. The number of aliphatic hydroxyl groups is 1. The van der Waals surface area contributed by atoms with Gasteiger partial charge in [-0.3, -0.25) is 0 Å². The molecule has 5 rings (SSSR count). The Morgan fingerprint density at radius 1 is 0.829 bits per heavy atom. The van der Waals surface area contributed by atoms with E-state index in [9.17, 15) is 5.11 Å². The molecule has 0 aromatic heterocycles. The third-order valence-corrected chi connectivity index (χ3v) is 17.0. The molecule has 0 saturated heterocycles. The maximum absolute atomic E-state index is 10.4. The van der Waals surface area contributed by atoms with E-state index >= 15 is 0 Å². The first-order valence-electron chi connectivity index (χ1n) is 18.4. The van der Waals surface area contributed by atoms with Crippen molar-refractivity contribution in [2.75, 3.05) is 7.11 Å². The third kappa shape index (κ3) is 4.58. The van der Waals surface area contributed by atoms with Crippen LogP contribution in [0.2, 0.25) is 0 Å². The van der Waals surface area contributed by atoms with Crippen LogP contribution in [-0.2, 0) is 4.74 Å². The first kappa shape index (κ1) is 32.3. The molecule has 41 heavy (non-hydrogen) atoms. The standard InChI is InChI=1S/C39H70O2/c1-22(2)33-24(4)21-37(9)28(8)38(10)32(20-29-16-18-30(19-17-29)36(40)41-12)31-15-13-14-23(3)34(31)25(5)35(38)27(7)39(37,11)26(33)6/h22-36,40H,13-21H2,1-12H3. The van der Waals surface area contributed by atoms with Gasteiger partial charge in [0.2, 0.25) is 0 Å². The molecule has 0 bridgehead atoms. The predicted octanol–water partition coefficient (Wildman–Crippen LogP) is 10.3. The molecule has 5 fully saturated rings. The molecule has 5 aliphatic rings. The molecule has 0 heterocycles. The van der Waals surface area contributed by atoms with Crippen molar-refractivity contribution < 1.29 is 9.84 Å². The number of methoxy groups -OCH3 is 1. The van der Waals surface area contributed by atoms with Crippen LogP contribution in [0.4, 0.5) is 0 Å². The van der Waals surface area contributed by atoms with Crippen molar-refractivity contribution in [1.29, 1.82) is 0 Å². The molecule has 0 aliphatic heterocycles. The zero-order chi connectivity index (χ0) is 30.2. The molecule has 0 aromatic carbocycles. The monoisotopic (exact) mass is 571 g/mol. The quantitative estimate of drug-likeness (QED) is 0.333. The summed E-state index contributed by atoms with van der Waals surface area (Å²) in [5.74, 6) is 11.0. The summed E-state index contributed by atoms with van der Waals surface area (Å²) < 4.78 is 5.35. The topological polar surface area (TPSA) is 29.5 Å². The Hall–Kier alpha value is -0.0800. The van der Waals surface area contributed by atoms with E-state index in [-0.39, 0.29) is 0 Å². The van der Waals surface area contributed by atoms with Crippen LogP contribution in [-0.4, -0.2) is 18.5 Å². The minimum absolute atomic E-state index is 0.334. The van der Waals surface area contributed by atoms with Crippen LogP contribution in [0, 0.1) is 99.1 Å². The highest BCUT2D eigenvalue weighted by Crippen LogP contribution is 2.78. The summed E-state index contributed by atoms with van der Waals surface area (Å²) >= 11 is 0. The van der Waals surface area contributed by atoms with Crippen LogP contribution in [0.15, 0.2) is 0 Å². The van der Waals surface area contributed by atoms with Gasteiger partial charge in [0.1, 0.15) is 0 Å². The highest BCUT2D eigenvalue weighted by molar-refractivity contribution is 5.20. The fourth-order valence-corrected chi connectivity index (χ4v) is 15.0. The molecule has 2 heteroatoms. The lowest BCUT2D eigenvalue weighted by molar-refractivity contribution is -0.294. The Morgan fingerprint density at radius 3 is 2.05 bits per heavy atom. The number of fused-ring (bicyclic) bond motifs is 3. The largest absolute Gasteiger partial charge is 0.368 e. The highest BCUT2D eigenvalue weighted by Gasteiger charge is 2.73. The summed E-state index contributed by atoms with van der Waals surface area (Å²) in [5, 5.41) is 10.4. The smallest absolute Gasteiger partial charge is 0.156 e. The Balaban J connectivity index is 1.56. The number of aliphatic hydroxyl groups excluding tert-OH is 1. The molecular weight excluding hydrogens is 500 g/mol. The molecule has 2 nitrogen and oxygen atoms in total. The maximum Gasteiger partial charge on any atom is 0.156 e. The minimum Gasteiger partial charge on any atom is -0.368 e. The van der Waals surface area contributed by atoms with E-state index in [4.69, 9.17) is 4.74 Å². The second kappa shape index (κ2) is 11.4. The summed E-state index contributed by atoms with van der Waals surface area (Å²) in [6, 6.07) is 0. The minimum atomic E-state index is -0.571. The van der Waals surface area contributed by atoms with E-state index in [1.807, 2.05) is 0 Å². The molecule has 238 valence electrons. The molecule has 5 saturated carbocycles. The predicted molar refractivity (Wildman–Crippen MR) is 173 cm³/mol. The molecule has 0 amide bonds. The Bertz CT molecular complexity index is 905. The van der Waals surface area contributed by atoms with Crippen molar-refractivity contribution in [2.24, 2.45) is 99.1 Å². The van der Waals surface area contributed by atoms with Crippen molar-refractivity contribution in [3.8, 4) is 0 Å². The maximum atomic E-state index is 10.4.